The number of nitrogens with zero attached hydrogens (tertiary/aromatic N) is 4. The molecule has 72 heavy (non-hydrogen) atoms. The number of benzene rings is 8. The van der Waals surface area contributed by atoms with Crippen molar-refractivity contribution in [3.63, 3.8) is 0 Å². The SMILES string of the molecule is CC(C)Cc1cc(-c2[c-]cccc2)ncc1[Si](C)(C)C.CC(C)c1cccc(C(C)C)c1-n1c(-c2[c-]cc(-n3c4ccccc4c4ccccc43)c3c2oc2ccccc23)nc2ccc3ccccc3c21.[Ir]. The van der Waals surface area contributed by atoms with Crippen LogP contribution in [0.15, 0.2) is 174 Å². The minimum atomic E-state index is -1.34. The number of fused-ring (bicyclic) bond motifs is 9. The summed E-state index contributed by atoms with van der Waals surface area (Å²) in [7, 11) is -1.34. The van der Waals surface area contributed by atoms with E-state index in [9.17, 15) is 0 Å². The van der Waals surface area contributed by atoms with Gasteiger partial charge in [0, 0.05) is 64.6 Å². The van der Waals surface area contributed by atoms with Crippen LogP contribution in [0.25, 0.3) is 99.6 Å². The number of imidazole rings is 1. The van der Waals surface area contributed by atoms with E-state index in [2.05, 4.69) is 233 Å². The molecule has 0 amide bonds. The Bertz CT molecular complexity index is 3870. The van der Waals surface area contributed by atoms with E-state index in [4.69, 9.17) is 9.40 Å². The van der Waals surface area contributed by atoms with Gasteiger partial charge in [-0.05, 0) is 86.9 Å². The second-order valence-electron chi connectivity index (χ2n) is 21.1. The van der Waals surface area contributed by atoms with Crippen molar-refractivity contribution in [3.8, 4) is 34.0 Å². The van der Waals surface area contributed by atoms with E-state index >= 15 is 0 Å². The van der Waals surface area contributed by atoms with Crippen LogP contribution in [-0.2, 0) is 26.5 Å². The number of para-hydroxylation sites is 4. The molecule has 1 radical (unpaired) electrons. The summed E-state index contributed by atoms with van der Waals surface area (Å²) in [6, 6.07) is 65.0. The molecule has 4 heterocycles. The van der Waals surface area contributed by atoms with Gasteiger partial charge in [0.15, 0.2) is 0 Å². The Morgan fingerprint density at radius 1 is 0.625 bits per heavy atom. The van der Waals surface area contributed by atoms with Crippen LogP contribution in [-0.4, -0.2) is 27.2 Å². The van der Waals surface area contributed by atoms with Crippen LogP contribution in [0.3, 0.4) is 0 Å². The third-order valence-electron chi connectivity index (χ3n) is 14.0. The third kappa shape index (κ3) is 8.61. The molecule has 8 aromatic carbocycles. The van der Waals surface area contributed by atoms with Crippen molar-refractivity contribution in [1.29, 1.82) is 0 Å². The molecule has 0 aliphatic heterocycles. The summed E-state index contributed by atoms with van der Waals surface area (Å²) in [5, 5.41) is 8.41. The molecule has 0 aliphatic rings. The molecule has 0 fully saturated rings. The Labute approximate surface area is 437 Å². The molecular formula is C65H60IrN4OSi-2. The van der Waals surface area contributed by atoms with E-state index in [1.807, 2.05) is 24.3 Å². The molecule has 0 saturated carbocycles. The largest absolute Gasteiger partial charge is 0.500 e. The smallest absolute Gasteiger partial charge is 0.121 e. The molecule has 0 aliphatic carbocycles. The summed E-state index contributed by atoms with van der Waals surface area (Å²) >= 11 is 0. The maximum absolute atomic E-state index is 6.93. The Kier molecular flexibility index (Phi) is 13.3. The van der Waals surface area contributed by atoms with Gasteiger partial charge in [-0.2, -0.15) is 0 Å². The van der Waals surface area contributed by atoms with Gasteiger partial charge < -0.3 is 18.5 Å². The number of rotatable bonds is 9. The number of pyridine rings is 1. The monoisotopic (exact) mass is 1130 g/mol. The molecule has 12 rings (SSSR count). The van der Waals surface area contributed by atoms with Crippen LogP contribution in [0.4, 0.5) is 0 Å². The van der Waals surface area contributed by atoms with Gasteiger partial charge in [0.05, 0.1) is 30.5 Å². The van der Waals surface area contributed by atoms with Crippen molar-refractivity contribution in [2.75, 3.05) is 0 Å². The standard InChI is InChI=1S/C47H36N3O.C18H24NSi.Ir/c1-28(2)31-19-13-20-32(29(3)4)44(31)50-45-33-15-6-5-14-30(33)24-26-38(45)48-47(50)37-25-27-41(43-36-18-9-12-23-42(36)51-46(37)43)49-39-21-10-7-16-34(39)35-17-8-11-22-40(35)49;1-14(2)11-16-12-17(15-9-7-6-8-10-15)19-13-18(16)20(3,4)5;/h5-24,26-29H,1-4H3;6-9,12-14H,11H2,1-5H3;/q2*-1;. The van der Waals surface area contributed by atoms with Gasteiger partial charge in [-0.3, -0.25) is 4.98 Å². The van der Waals surface area contributed by atoms with Crippen LogP contribution < -0.4 is 5.19 Å². The zero-order valence-electron chi connectivity index (χ0n) is 42.6. The van der Waals surface area contributed by atoms with Crippen molar-refractivity contribution < 1.29 is 24.5 Å². The molecule has 0 saturated heterocycles. The molecule has 12 aromatic rings. The normalized spacial score (nSPS) is 12.0. The van der Waals surface area contributed by atoms with Crippen LogP contribution in [0.2, 0.25) is 19.6 Å². The first-order chi connectivity index (χ1) is 34.4. The Morgan fingerprint density at radius 3 is 1.89 bits per heavy atom. The Morgan fingerprint density at radius 2 is 1.25 bits per heavy atom. The number of hydrogen-bond acceptors (Lipinski definition) is 3. The first-order valence-corrected chi connectivity index (χ1v) is 28.7. The summed E-state index contributed by atoms with van der Waals surface area (Å²) in [6.45, 7) is 20.9. The van der Waals surface area contributed by atoms with Crippen molar-refractivity contribution in [2.45, 2.75) is 79.4 Å². The second kappa shape index (κ2) is 19.6. The van der Waals surface area contributed by atoms with Gasteiger partial charge >= 0.3 is 0 Å². The van der Waals surface area contributed by atoms with Crippen molar-refractivity contribution in [3.05, 3.63) is 199 Å². The number of furan rings is 1. The molecule has 0 atom stereocenters. The fourth-order valence-corrected chi connectivity index (χ4v) is 12.3. The molecule has 0 N–H and O–H groups in total. The van der Waals surface area contributed by atoms with Crippen LogP contribution >= 0.6 is 0 Å². The fourth-order valence-electron chi connectivity index (χ4n) is 10.8. The molecule has 361 valence electrons. The van der Waals surface area contributed by atoms with Crippen LogP contribution in [0.5, 0.6) is 0 Å². The van der Waals surface area contributed by atoms with E-state index in [0.717, 1.165) is 78.8 Å². The quantitative estimate of drug-likeness (QED) is 0.107. The van der Waals surface area contributed by atoms with Gasteiger partial charge in [-0.15, -0.1) is 48.0 Å². The number of aromatic nitrogens is 4. The summed E-state index contributed by atoms with van der Waals surface area (Å²) in [6.07, 6.45) is 3.24. The minimum absolute atomic E-state index is 0. The van der Waals surface area contributed by atoms with Gasteiger partial charge in [0.1, 0.15) is 5.58 Å². The van der Waals surface area contributed by atoms with Crippen molar-refractivity contribution in [1.82, 2.24) is 19.1 Å². The first kappa shape index (κ1) is 48.7. The fraction of sp³-hybridized carbons (Fsp3) is 0.200. The van der Waals surface area contributed by atoms with E-state index in [1.54, 1.807) is 0 Å². The molecule has 0 spiro atoms. The first-order valence-electron chi connectivity index (χ1n) is 25.2. The Balaban J connectivity index is 0.000000240. The summed E-state index contributed by atoms with van der Waals surface area (Å²) in [5.41, 5.74) is 15.2. The predicted molar refractivity (Wildman–Crippen MR) is 303 cm³/mol. The average Bonchev–Trinajstić information content (AvgIpc) is 4.06. The number of hydrogen-bond donors (Lipinski definition) is 0. The van der Waals surface area contributed by atoms with Gasteiger partial charge in [-0.1, -0.05) is 182 Å². The zero-order valence-corrected chi connectivity index (χ0v) is 46.0. The van der Waals surface area contributed by atoms with E-state index in [0.29, 0.717) is 17.8 Å². The molecule has 4 aromatic heterocycles. The van der Waals surface area contributed by atoms with Gasteiger partial charge in [-0.25, -0.2) is 0 Å². The molecule has 5 nitrogen and oxygen atoms in total. The topological polar surface area (TPSA) is 48.8 Å². The average molecular weight is 1130 g/mol. The molecule has 0 unspecified atom stereocenters. The summed E-state index contributed by atoms with van der Waals surface area (Å²) < 4.78 is 11.7. The second-order valence-corrected chi connectivity index (χ2v) is 26.1. The predicted octanol–water partition coefficient (Wildman–Crippen LogP) is 17.2. The zero-order chi connectivity index (χ0) is 49.1. The van der Waals surface area contributed by atoms with Crippen molar-refractivity contribution in [2.24, 2.45) is 5.92 Å². The van der Waals surface area contributed by atoms with E-state index < -0.39 is 8.07 Å². The van der Waals surface area contributed by atoms with Crippen LogP contribution in [0, 0.1) is 18.1 Å². The van der Waals surface area contributed by atoms with E-state index in [-0.39, 0.29) is 20.1 Å². The van der Waals surface area contributed by atoms with Gasteiger partial charge in [0.2, 0.25) is 0 Å². The van der Waals surface area contributed by atoms with Gasteiger partial charge in [0.25, 0.3) is 0 Å². The molecule has 7 heteroatoms. The van der Waals surface area contributed by atoms with Crippen LogP contribution in [0.1, 0.15) is 70.1 Å². The summed E-state index contributed by atoms with van der Waals surface area (Å²) in [4.78, 5) is 10.2. The van der Waals surface area contributed by atoms with Crippen molar-refractivity contribution >= 4 is 78.8 Å². The maximum Gasteiger partial charge on any atom is 0.121 e. The molecular weight excluding hydrogens is 1070 g/mol. The summed E-state index contributed by atoms with van der Waals surface area (Å²) in [5.74, 6) is 2.09. The van der Waals surface area contributed by atoms with E-state index in [1.165, 1.54) is 49.1 Å². The Hall–Kier alpha value is -6.89. The third-order valence-corrected chi connectivity index (χ3v) is 16.1. The molecule has 0 bridgehead atoms. The maximum atomic E-state index is 6.93. The minimum Gasteiger partial charge on any atom is -0.500 e.